The Morgan fingerprint density at radius 1 is 1.09 bits per heavy atom. The van der Waals surface area contributed by atoms with Crippen LogP contribution >= 0.6 is 24.0 Å². The number of oxazole rings is 1. The lowest BCUT2D eigenvalue weighted by atomic mass is 9.94. The summed E-state index contributed by atoms with van der Waals surface area (Å²) < 4.78 is 5.86. The third kappa shape index (κ3) is 7.76. The van der Waals surface area contributed by atoms with Crippen molar-refractivity contribution < 1.29 is 4.42 Å². The van der Waals surface area contributed by atoms with Crippen LogP contribution in [0.4, 0.5) is 0 Å². The summed E-state index contributed by atoms with van der Waals surface area (Å²) in [5, 5.41) is 6.74. The molecular weight excluding hydrogens is 513 g/mol. The minimum atomic E-state index is -0.0420. The number of benzene rings is 1. The third-order valence-electron chi connectivity index (χ3n) is 6.11. The molecule has 0 atom stereocenters. The van der Waals surface area contributed by atoms with E-state index in [-0.39, 0.29) is 29.4 Å². The Kier molecular flexibility index (Phi) is 10.5. The molecule has 2 aromatic rings. The molecule has 0 spiro atoms. The van der Waals surface area contributed by atoms with Crippen LogP contribution in [-0.2, 0) is 25.0 Å². The summed E-state index contributed by atoms with van der Waals surface area (Å²) in [6.07, 6.45) is 8.58. The van der Waals surface area contributed by atoms with Gasteiger partial charge < -0.3 is 15.1 Å². The molecule has 0 radical (unpaired) electrons. The number of aromatic nitrogens is 1. The monoisotopic (exact) mass is 553 g/mol. The van der Waals surface area contributed by atoms with Gasteiger partial charge in [-0.3, -0.25) is 9.89 Å². The Hall–Kier alpha value is -1.61. The molecule has 2 N–H and O–H groups in total. The molecule has 6 nitrogen and oxygen atoms in total. The zero-order chi connectivity index (χ0) is 22.3. The highest BCUT2D eigenvalue weighted by molar-refractivity contribution is 14.0. The fourth-order valence-corrected chi connectivity index (χ4v) is 4.10. The van der Waals surface area contributed by atoms with E-state index in [2.05, 4.69) is 77.6 Å². The molecule has 1 heterocycles. The van der Waals surface area contributed by atoms with Gasteiger partial charge in [0.25, 0.3) is 0 Å². The Bertz CT molecular complexity index is 852. The van der Waals surface area contributed by atoms with E-state index in [1.54, 1.807) is 7.05 Å². The van der Waals surface area contributed by atoms with Crippen LogP contribution in [0, 0.1) is 0 Å². The lowest BCUT2D eigenvalue weighted by molar-refractivity contribution is 0.184. The number of hydrogen-bond donors (Lipinski definition) is 2. The van der Waals surface area contributed by atoms with Gasteiger partial charge in [-0.2, -0.15) is 0 Å². The second-order valence-corrected chi connectivity index (χ2v) is 9.62. The number of rotatable bonds is 7. The Labute approximate surface area is 210 Å². The Morgan fingerprint density at radius 2 is 1.75 bits per heavy atom. The lowest BCUT2D eigenvalue weighted by Crippen LogP contribution is -2.37. The van der Waals surface area contributed by atoms with Crippen molar-refractivity contribution >= 4 is 29.9 Å². The average molecular weight is 554 g/mol. The maximum absolute atomic E-state index is 5.86. The molecule has 0 amide bonds. The lowest BCUT2D eigenvalue weighted by Gasteiger charge is -2.31. The SMILES string of the molecule is CN=C(NCc1ncc(C(C)(C)C)o1)NCc1ccccc1CN(C)C1CCCCC1.I. The van der Waals surface area contributed by atoms with Crippen molar-refractivity contribution in [3.63, 3.8) is 0 Å². The van der Waals surface area contributed by atoms with Crippen molar-refractivity contribution in [3.8, 4) is 0 Å². The van der Waals surface area contributed by atoms with Crippen LogP contribution < -0.4 is 10.6 Å². The van der Waals surface area contributed by atoms with Crippen LogP contribution in [0.1, 0.15) is 75.7 Å². The first-order chi connectivity index (χ1) is 14.9. The van der Waals surface area contributed by atoms with Gasteiger partial charge in [0.15, 0.2) is 5.96 Å². The molecule has 0 saturated heterocycles. The third-order valence-corrected chi connectivity index (χ3v) is 6.11. The van der Waals surface area contributed by atoms with Crippen LogP contribution in [0.15, 0.2) is 39.9 Å². The second kappa shape index (κ2) is 12.6. The van der Waals surface area contributed by atoms with E-state index in [1.807, 2.05) is 6.20 Å². The fraction of sp³-hybridized carbons (Fsp3) is 0.600. The van der Waals surface area contributed by atoms with Crippen molar-refractivity contribution in [3.05, 3.63) is 53.2 Å². The van der Waals surface area contributed by atoms with Crippen molar-refractivity contribution in [2.24, 2.45) is 4.99 Å². The molecule has 7 heteroatoms. The molecule has 178 valence electrons. The van der Waals surface area contributed by atoms with Gasteiger partial charge in [0.05, 0.1) is 12.7 Å². The maximum atomic E-state index is 5.86. The Morgan fingerprint density at radius 3 is 2.38 bits per heavy atom. The highest BCUT2D eigenvalue weighted by atomic mass is 127. The maximum Gasteiger partial charge on any atom is 0.213 e. The van der Waals surface area contributed by atoms with Crippen LogP contribution in [0.2, 0.25) is 0 Å². The number of guanidine groups is 1. The van der Waals surface area contributed by atoms with E-state index in [9.17, 15) is 0 Å². The minimum Gasteiger partial charge on any atom is -0.443 e. The van der Waals surface area contributed by atoms with Crippen molar-refractivity contribution in [2.45, 2.75) is 84.0 Å². The van der Waals surface area contributed by atoms with Gasteiger partial charge in [0, 0.05) is 31.6 Å². The topological polar surface area (TPSA) is 65.7 Å². The van der Waals surface area contributed by atoms with Crippen molar-refractivity contribution in [1.82, 2.24) is 20.5 Å². The fourth-order valence-electron chi connectivity index (χ4n) is 4.10. The standard InChI is InChI=1S/C25H39N5O.HI/c1-25(2,3)22-16-27-23(31-22)17-29-24(26-4)28-15-19-11-9-10-12-20(19)18-30(5)21-13-7-6-8-14-21;/h9-12,16,21H,6-8,13-15,17-18H2,1-5H3,(H2,26,28,29);1H. The summed E-state index contributed by atoms with van der Waals surface area (Å²) in [5.41, 5.74) is 2.64. The highest BCUT2D eigenvalue weighted by Gasteiger charge is 2.20. The average Bonchev–Trinajstić information content (AvgIpc) is 3.25. The molecule has 1 saturated carbocycles. The van der Waals surface area contributed by atoms with Gasteiger partial charge in [-0.05, 0) is 31.0 Å². The van der Waals surface area contributed by atoms with Gasteiger partial charge >= 0.3 is 0 Å². The quantitative estimate of drug-likeness (QED) is 0.280. The predicted molar refractivity (Wildman–Crippen MR) is 142 cm³/mol. The molecule has 3 rings (SSSR count). The number of aliphatic imine (C=N–C) groups is 1. The first-order valence-corrected chi connectivity index (χ1v) is 11.5. The molecule has 1 fully saturated rings. The van der Waals surface area contributed by atoms with Crippen LogP contribution in [0.25, 0.3) is 0 Å². The zero-order valence-corrected chi connectivity index (χ0v) is 22.6. The molecular formula is C25H40IN5O. The van der Waals surface area contributed by atoms with Gasteiger partial charge in [0.2, 0.25) is 5.89 Å². The van der Waals surface area contributed by atoms with E-state index in [0.717, 1.165) is 24.8 Å². The Balaban J connectivity index is 0.00000363. The van der Waals surface area contributed by atoms with Crippen molar-refractivity contribution in [1.29, 1.82) is 0 Å². The molecule has 1 aliphatic rings. The van der Waals surface area contributed by atoms with Gasteiger partial charge in [0.1, 0.15) is 5.76 Å². The van der Waals surface area contributed by atoms with E-state index in [0.29, 0.717) is 18.5 Å². The van der Waals surface area contributed by atoms with Crippen molar-refractivity contribution in [2.75, 3.05) is 14.1 Å². The van der Waals surface area contributed by atoms with Crippen LogP contribution in [0.3, 0.4) is 0 Å². The summed E-state index contributed by atoms with van der Waals surface area (Å²) in [7, 11) is 4.05. The molecule has 0 aliphatic heterocycles. The molecule has 32 heavy (non-hydrogen) atoms. The smallest absolute Gasteiger partial charge is 0.213 e. The van der Waals surface area contributed by atoms with Crippen LogP contribution in [-0.4, -0.2) is 36.0 Å². The van der Waals surface area contributed by atoms with E-state index < -0.39 is 0 Å². The first kappa shape index (κ1) is 26.6. The molecule has 0 bridgehead atoms. The second-order valence-electron chi connectivity index (χ2n) is 9.62. The van der Waals surface area contributed by atoms with Gasteiger partial charge in [-0.25, -0.2) is 4.98 Å². The number of hydrogen-bond acceptors (Lipinski definition) is 4. The highest BCUT2D eigenvalue weighted by Crippen LogP contribution is 2.24. The molecule has 1 aliphatic carbocycles. The van der Waals surface area contributed by atoms with E-state index in [4.69, 9.17) is 4.42 Å². The summed E-state index contributed by atoms with van der Waals surface area (Å²) in [6, 6.07) is 9.40. The summed E-state index contributed by atoms with van der Waals surface area (Å²) >= 11 is 0. The minimum absolute atomic E-state index is 0. The molecule has 1 aromatic heterocycles. The van der Waals surface area contributed by atoms with Gasteiger partial charge in [-0.15, -0.1) is 24.0 Å². The summed E-state index contributed by atoms with van der Waals surface area (Å²) in [6.45, 7) is 8.58. The number of halogens is 1. The molecule has 0 unspecified atom stereocenters. The summed E-state index contributed by atoms with van der Waals surface area (Å²) in [4.78, 5) is 11.3. The first-order valence-electron chi connectivity index (χ1n) is 11.5. The number of nitrogens with zero attached hydrogens (tertiary/aromatic N) is 3. The van der Waals surface area contributed by atoms with Gasteiger partial charge in [-0.1, -0.05) is 64.3 Å². The van der Waals surface area contributed by atoms with E-state index in [1.165, 1.54) is 43.2 Å². The summed E-state index contributed by atoms with van der Waals surface area (Å²) in [5.74, 6) is 2.30. The molecule has 1 aromatic carbocycles. The largest absolute Gasteiger partial charge is 0.443 e. The number of nitrogens with one attached hydrogen (secondary N) is 2. The normalized spacial score (nSPS) is 15.5. The van der Waals surface area contributed by atoms with Crippen LogP contribution in [0.5, 0.6) is 0 Å². The predicted octanol–water partition coefficient (Wildman–Crippen LogP) is 5.22. The zero-order valence-electron chi connectivity index (χ0n) is 20.3. The van der Waals surface area contributed by atoms with E-state index >= 15 is 0 Å².